The molecule has 3 N–H and O–H groups in total. The normalized spacial score (nSPS) is 11.3. The molecule has 5 rings (SSSR count). The van der Waals surface area contributed by atoms with Crippen LogP contribution in [0.3, 0.4) is 0 Å². The van der Waals surface area contributed by atoms with E-state index in [0.29, 0.717) is 22.4 Å². The molecule has 8 heteroatoms. The molecule has 30 heavy (non-hydrogen) atoms. The first-order chi connectivity index (χ1) is 14.5. The Balaban J connectivity index is 1.72. The van der Waals surface area contributed by atoms with Crippen molar-refractivity contribution in [3.05, 3.63) is 70.9 Å². The second kappa shape index (κ2) is 6.70. The Labute approximate surface area is 170 Å². The van der Waals surface area contributed by atoms with Gasteiger partial charge in [-0.05, 0) is 30.3 Å². The SMILES string of the molecule is CN(C)C(=O)c1cccc(Nc2nc3c4cc[nH]c(=O)c4[nH]c3c3ccncc23)c1. The number of anilines is 2. The minimum Gasteiger partial charge on any atom is -0.348 e. The highest BCUT2D eigenvalue weighted by Crippen LogP contribution is 2.33. The van der Waals surface area contributed by atoms with Crippen LogP contribution in [-0.4, -0.2) is 44.8 Å². The predicted molar refractivity (Wildman–Crippen MR) is 117 cm³/mol. The fraction of sp³-hybridized carbons (Fsp3) is 0.0909. The van der Waals surface area contributed by atoms with Crippen LogP contribution in [0.25, 0.3) is 32.7 Å². The average Bonchev–Trinajstić information content (AvgIpc) is 3.14. The largest absolute Gasteiger partial charge is 0.348 e. The van der Waals surface area contributed by atoms with E-state index in [0.717, 1.165) is 27.4 Å². The van der Waals surface area contributed by atoms with Crippen LogP contribution in [0.5, 0.6) is 0 Å². The number of carbonyl (C=O) groups excluding carboxylic acids is 1. The van der Waals surface area contributed by atoms with Gasteiger partial charge in [-0.15, -0.1) is 0 Å². The first-order valence-corrected chi connectivity index (χ1v) is 9.38. The van der Waals surface area contributed by atoms with Crippen molar-refractivity contribution in [2.75, 3.05) is 19.4 Å². The molecule has 8 nitrogen and oxygen atoms in total. The van der Waals surface area contributed by atoms with Gasteiger partial charge < -0.3 is 20.2 Å². The smallest absolute Gasteiger partial charge is 0.272 e. The van der Waals surface area contributed by atoms with Crippen LogP contribution in [-0.2, 0) is 0 Å². The number of aromatic nitrogens is 4. The van der Waals surface area contributed by atoms with E-state index in [4.69, 9.17) is 4.98 Å². The zero-order valence-electron chi connectivity index (χ0n) is 16.4. The summed E-state index contributed by atoms with van der Waals surface area (Å²) >= 11 is 0. The van der Waals surface area contributed by atoms with Gasteiger partial charge in [-0.1, -0.05) is 6.07 Å². The van der Waals surface area contributed by atoms with Gasteiger partial charge in [0.2, 0.25) is 0 Å². The summed E-state index contributed by atoms with van der Waals surface area (Å²) in [5, 5.41) is 5.76. The van der Waals surface area contributed by atoms with Gasteiger partial charge in [0.05, 0.1) is 11.0 Å². The molecular formula is C22H18N6O2. The molecule has 0 aliphatic heterocycles. The number of aromatic amines is 2. The quantitative estimate of drug-likeness (QED) is 0.432. The fourth-order valence-electron chi connectivity index (χ4n) is 3.62. The Morgan fingerprint density at radius 2 is 1.93 bits per heavy atom. The summed E-state index contributed by atoms with van der Waals surface area (Å²) in [7, 11) is 3.44. The summed E-state index contributed by atoms with van der Waals surface area (Å²) in [5.74, 6) is 0.519. The summed E-state index contributed by atoms with van der Waals surface area (Å²) in [6.45, 7) is 0. The zero-order chi connectivity index (χ0) is 20.8. The second-order valence-corrected chi connectivity index (χ2v) is 7.23. The van der Waals surface area contributed by atoms with Gasteiger partial charge in [-0.2, -0.15) is 0 Å². The van der Waals surface area contributed by atoms with Gasteiger partial charge in [0.25, 0.3) is 11.5 Å². The monoisotopic (exact) mass is 398 g/mol. The molecule has 0 radical (unpaired) electrons. The molecule has 5 aromatic rings. The van der Waals surface area contributed by atoms with E-state index in [1.165, 1.54) is 4.90 Å². The number of hydrogen-bond donors (Lipinski definition) is 3. The maximum absolute atomic E-state index is 12.3. The van der Waals surface area contributed by atoms with Gasteiger partial charge in [-0.25, -0.2) is 4.98 Å². The third kappa shape index (κ3) is 2.77. The van der Waals surface area contributed by atoms with E-state index in [2.05, 4.69) is 20.3 Å². The summed E-state index contributed by atoms with van der Waals surface area (Å²) in [6.07, 6.45) is 5.05. The van der Waals surface area contributed by atoms with E-state index in [1.807, 2.05) is 24.3 Å². The summed E-state index contributed by atoms with van der Waals surface area (Å²) in [6, 6.07) is 11.0. The molecule has 0 saturated heterocycles. The van der Waals surface area contributed by atoms with Gasteiger partial charge in [0, 0.05) is 60.1 Å². The highest BCUT2D eigenvalue weighted by molar-refractivity contribution is 6.17. The maximum atomic E-state index is 12.3. The molecule has 0 spiro atoms. The van der Waals surface area contributed by atoms with Crippen molar-refractivity contribution in [2.45, 2.75) is 0 Å². The van der Waals surface area contributed by atoms with Crippen LogP contribution < -0.4 is 10.9 Å². The third-order valence-electron chi connectivity index (χ3n) is 5.05. The van der Waals surface area contributed by atoms with Crippen LogP contribution in [0.15, 0.2) is 59.8 Å². The summed E-state index contributed by atoms with van der Waals surface area (Å²) in [5.41, 5.74) is 3.06. The van der Waals surface area contributed by atoms with Crippen molar-refractivity contribution >= 4 is 50.1 Å². The van der Waals surface area contributed by atoms with E-state index >= 15 is 0 Å². The number of fused-ring (bicyclic) bond motifs is 5. The number of rotatable bonds is 3. The van der Waals surface area contributed by atoms with E-state index in [-0.39, 0.29) is 11.5 Å². The second-order valence-electron chi connectivity index (χ2n) is 7.23. The number of carbonyl (C=O) groups is 1. The summed E-state index contributed by atoms with van der Waals surface area (Å²) < 4.78 is 0. The molecule has 4 heterocycles. The van der Waals surface area contributed by atoms with Gasteiger partial charge >= 0.3 is 0 Å². The lowest BCUT2D eigenvalue weighted by Gasteiger charge is -2.13. The molecule has 0 fully saturated rings. The van der Waals surface area contributed by atoms with Gasteiger partial charge in [0.15, 0.2) is 0 Å². The lowest BCUT2D eigenvalue weighted by atomic mass is 10.1. The lowest BCUT2D eigenvalue weighted by Crippen LogP contribution is -2.21. The Kier molecular flexibility index (Phi) is 3.99. The maximum Gasteiger partial charge on any atom is 0.272 e. The zero-order valence-corrected chi connectivity index (χ0v) is 16.4. The van der Waals surface area contributed by atoms with Gasteiger partial charge in [0.1, 0.15) is 11.3 Å². The Hall–Kier alpha value is -4.20. The molecule has 4 aromatic heterocycles. The van der Waals surface area contributed by atoms with Crippen molar-refractivity contribution in [2.24, 2.45) is 0 Å². The molecule has 1 amide bonds. The van der Waals surface area contributed by atoms with Crippen molar-refractivity contribution in [1.82, 2.24) is 24.8 Å². The molecule has 1 aromatic carbocycles. The van der Waals surface area contributed by atoms with Crippen molar-refractivity contribution in [1.29, 1.82) is 0 Å². The number of nitrogens with one attached hydrogen (secondary N) is 3. The summed E-state index contributed by atoms with van der Waals surface area (Å²) in [4.78, 5) is 41.0. The molecule has 0 aliphatic carbocycles. The minimum absolute atomic E-state index is 0.0792. The average molecular weight is 398 g/mol. The number of benzene rings is 1. The lowest BCUT2D eigenvalue weighted by molar-refractivity contribution is 0.0827. The van der Waals surface area contributed by atoms with E-state index in [9.17, 15) is 9.59 Å². The van der Waals surface area contributed by atoms with E-state index in [1.54, 1.807) is 44.8 Å². The third-order valence-corrected chi connectivity index (χ3v) is 5.05. The topological polar surface area (TPSA) is 107 Å². The Bertz CT molecular complexity index is 1500. The van der Waals surface area contributed by atoms with E-state index < -0.39 is 0 Å². The molecule has 0 unspecified atom stereocenters. The van der Waals surface area contributed by atoms with Crippen LogP contribution in [0.4, 0.5) is 11.5 Å². The van der Waals surface area contributed by atoms with Crippen LogP contribution in [0.1, 0.15) is 10.4 Å². The number of nitrogens with zero attached hydrogens (tertiary/aromatic N) is 3. The number of amides is 1. The molecule has 148 valence electrons. The predicted octanol–water partition coefficient (Wildman–Crippen LogP) is 3.40. The molecule has 0 aliphatic rings. The first-order valence-electron chi connectivity index (χ1n) is 9.38. The Morgan fingerprint density at radius 1 is 1.07 bits per heavy atom. The van der Waals surface area contributed by atoms with Crippen molar-refractivity contribution in [3.63, 3.8) is 0 Å². The number of pyridine rings is 3. The van der Waals surface area contributed by atoms with Crippen LogP contribution >= 0.6 is 0 Å². The molecule has 0 atom stereocenters. The van der Waals surface area contributed by atoms with Crippen LogP contribution in [0, 0.1) is 0 Å². The van der Waals surface area contributed by atoms with Crippen molar-refractivity contribution in [3.8, 4) is 0 Å². The standard InChI is InChI=1S/C22H18N6O2/c1-28(2)22(30)12-4-3-5-13(10-12)25-20-16-11-23-8-6-14(16)17-18(27-20)15-7-9-24-21(29)19(15)26-17/h3-11,26H,1-2H3,(H,24,29)(H,25,27). The van der Waals surface area contributed by atoms with Crippen LogP contribution in [0.2, 0.25) is 0 Å². The number of hydrogen-bond acceptors (Lipinski definition) is 5. The Morgan fingerprint density at radius 3 is 2.77 bits per heavy atom. The highest BCUT2D eigenvalue weighted by atomic mass is 16.2. The highest BCUT2D eigenvalue weighted by Gasteiger charge is 2.15. The minimum atomic E-state index is -0.197. The molecule has 0 saturated carbocycles. The molecule has 0 bridgehead atoms. The van der Waals surface area contributed by atoms with Gasteiger partial charge in [-0.3, -0.25) is 14.6 Å². The first kappa shape index (κ1) is 17.9. The molecular weight excluding hydrogens is 380 g/mol. The fourth-order valence-corrected chi connectivity index (χ4v) is 3.62. The van der Waals surface area contributed by atoms with Crippen molar-refractivity contribution < 1.29 is 4.79 Å². The number of H-pyrrole nitrogens is 2.